The minimum Gasteiger partial charge on any atom is -0.448 e. The third kappa shape index (κ3) is 9.77. The van der Waals surface area contributed by atoms with Crippen molar-refractivity contribution in [2.45, 2.75) is 52.5 Å². The van der Waals surface area contributed by atoms with Gasteiger partial charge in [-0.2, -0.15) is 0 Å². The molecule has 4 nitrogen and oxygen atoms in total. The van der Waals surface area contributed by atoms with Gasteiger partial charge in [0.15, 0.2) is 0 Å². The number of alkyl carbamates (subject to hydrolysis) is 1. The van der Waals surface area contributed by atoms with Gasteiger partial charge in [-0.25, -0.2) is 4.79 Å². The Morgan fingerprint density at radius 2 is 1.81 bits per heavy atom. The van der Waals surface area contributed by atoms with Crippen LogP contribution in [0.2, 0.25) is 0 Å². The average molecular weight is 230 g/mol. The molecular weight excluding hydrogens is 204 g/mol. The van der Waals surface area contributed by atoms with Crippen LogP contribution in [-0.4, -0.2) is 31.8 Å². The monoisotopic (exact) mass is 230 g/mol. The summed E-state index contributed by atoms with van der Waals surface area (Å²) in [5, 5.41) is 6.02. The van der Waals surface area contributed by atoms with Crippen molar-refractivity contribution in [3.8, 4) is 0 Å². The minimum absolute atomic E-state index is 0.225. The van der Waals surface area contributed by atoms with E-state index in [-0.39, 0.29) is 12.1 Å². The van der Waals surface area contributed by atoms with Crippen LogP contribution in [0.25, 0.3) is 0 Å². The Kier molecular flexibility index (Phi) is 10.2. The third-order valence-corrected chi connectivity index (χ3v) is 2.29. The second-order valence-electron chi connectivity index (χ2n) is 4.09. The summed E-state index contributed by atoms with van der Waals surface area (Å²) in [6, 6.07) is 0.225. The number of carbonyl (C=O) groups excluding carboxylic acids is 1. The van der Waals surface area contributed by atoms with Crippen LogP contribution >= 0.6 is 0 Å². The fourth-order valence-electron chi connectivity index (χ4n) is 1.20. The fourth-order valence-corrected chi connectivity index (χ4v) is 1.20. The highest BCUT2D eigenvalue weighted by Gasteiger charge is 2.05. The Morgan fingerprint density at radius 1 is 1.19 bits per heavy atom. The molecule has 0 aliphatic heterocycles. The van der Waals surface area contributed by atoms with Gasteiger partial charge in [0.1, 0.15) is 6.61 Å². The zero-order valence-electron chi connectivity index (χ0n) is 10.8. The van der Waals surface area contributed by atoms with Crippen LogP contribution in [0.5, 0.6) is 0 Å². The maximum Gasteiger partial charge on any atom is 0.407 e. The van der Waals surface area contributed by atoms with Gasteiger partial charge >= 0.3 is 6.09 Å². The van der Waals surface area contributed by atoms with Crippen LogP contribution in [0.3, 0.4) is 0 Å². The lowest BCUT2D eigenvalue weighted by atomic mass is 10.3. The molecule has 96 valence electrons. The zero-order chi connectivity index (χ0) is 12.2. The molecule has 1 unspecified atom stereocenters. The number of amides is 1. The lowest BCUT2D eigenvalue weighted by Crippen LogP contribution is -2.35. The summed E-state index contributed by atoms with van der Waals surface area (Å²) in [6.45, 7) is 8.39. The Labute approximate surface area is 99.1 Å². The van der Waals surface area contributed by atoms with Crippen molar-refractivity contribution in [2.75, 3.05) is 19.7 Å². The highest BCUT2D eigenvalue weighted by Crippen LogP contribution is 1.89. The molecule has 2 N–H and O–H groups in total. The lowest BCUT2D eigenvalue weighted by Gasteiger charge is -2.14. The molecule has 0 saturated heterocycles. The molecule has 0 heterocycles. The quantitative estimate of drug-likeness (QED) is 0.597. The van der Waals surface area contributed by atoms with Gasteiger partial charge in [-0.05, 0) is 26.3 Å². The molecule has 0 aromatic rings. The zero-order valence-corrected chi connectivity index (χ0v) is 10.8. The van der Waals surface area contributed by atoms with Crippen LogP contribution in [0, 0.1) is 0 Å². The predicted molar refractivity (Wildman–Crippen MR) is 66.6 cm³/mol. The highest BCUT2D eigenvalue weighted by molar-refractivity contribution is 5.67. The van der Waals surface area contributed by atoms with Gasteiger partial charge < -0.3 is 15.4 Å². The first-order valence-electron chi connectivity index (χ1n) is 6.34. The number of hydrogen-bond acceptors (Lipinski definition) is 3. The molecule has 0 bridgehead atoms. The number of carbonyl (C=O) groups is 1. The largest absolute Gasteiger partial charge is 0.448 e. The summed E-state index contributed by atoms with van der Waals surface area (Å²) in [5.41, 5.74) is 0. The molecule has 16 heavy (non-hydrogen) atoms. The first-order valence-corrected chi connectivity index (χ1v) is 6.34. The van der Waals surface area contributed by atoms with E-state index in [0.717, 1.165) is 25.8 Å². The molecule has 0 fully saturated rings. The fraction of sp³-hybridized carbons (Fsp3) is 0.917. The normalized spacial score (nSPS) is 12.2. The number of ether oxygens (including phenoxy) is 1. The van der Waals surface area contributed by atoms with Crippen LogP contribution in [0.15, 0.2) is 0 Å². The van der Waals surface area contributed by atoms with E-state index in [1.54, 1.807) is 0 Å². The summed E-state index contributed by atoms with van der Waals surface area (Å²) in [4.78, 5) is 11.2. The first-order chi connectivity index (χ1) is 7.70. The molecule has 0 spiro atoms. The lowest BCUT2D eigenvalue weighted by molar-refractivity contribution is 0.136. The molecule has 1 amide bonds. The molecule has 0 aliphatic rings. The van der Waals surface area contributed by atoms with Crippen LogP contribution in [0.4, 0.5) is 4.79 Å². The average Bonchev–Trinajstić information content (AvgIpc) is 2.27. The van der Waals surface area contributed by atoms with Gasteiger partial charge in [0.25, 0.3) is 0 Å². The smallest absolute Gasteiger partial charge is 0.407 e. The van der Waals surface area contributed by atoms with Crippen LogP contribution < -0.4 is 10.6 Å². The Morgan fingerprint density at radius 3 is 2.44 bits per heavy atom. The number of rotatable bonds is 9. The minimum atomic E-state index is -0.308. The Hall–Kier alpha value is -0.770. The predicted octanol–water partition coefficient (Wildman–Crippen LogP) is 2.29. The number of hydrogen-bond donors (Lipinski definition) is 2. The number of unbranched alkanes of at least 4 members (excludes halogenated alkanes) is 2. The van der Waals surface area contributed by atoms with E-state index >= 15 is 0 Å². The molecule has 0 aromatic heterocycles. The van der Waals surface area contributed by atoms with Crippen LogP contribution in [0.1, 0.15) is 46.5 Å². The molecule has 0 aromatic carbocycles. The van der Waals surface area contributed by atoms with E-state index < -0.39 is 0 Å². The van der Waals surface area contributed by atoms with E-state index in [2.05, 4.69) is 24.5 Å². The molecule has 0 rings (SSSR count). The van der Waals surface area contributed by atoms with E-state index in [9.17, 15) is 4.79 Å². The van der Waals surface area contributed by atoms with Crippen molar-refractivity contribution in [3.63, 3.8) is 0 Å². The van der Waals surface area contributed by atoms with Gasteiger partial charge in [0.05, 0.1) is 0 Å². The molecule has 0 saturated carbocycles. The van der Waals surface area contributed by atoms with Crippen molar-refractivity contribution in [2.24, 2.45) is 0 Å². The van der Waals surface area contributed by atoms with Crippen molar-refractivity contribution >= 4 is 6.09 Å². The first kappa shape index (κ1) is 15.2. The van der Waals surface area contributed by atoms with Crippen LogP contribution in [-0.2, 0) is 4.74 Å². The Bertz CT molecular complexity index is 174. The SMILES string of the molecule is CCCCNC(=O)OCC(C)NCCCC. The third-order valence-electron chi connectivity index (χ3n) is 2.29. The van der Waals surface area contributed by atoms with Crippen molar-refractivity contribution < 1.29 is 9.53 Å². The molecule has 0 radical (unpaired) electrons. The van der Waals surface area contributed by atoms with Gasteiger partial charge in [0, 0.05) is 12.6 Å². The topological polar surface area (TPSA) is 50.4 Å². The second-order valence-corrected chi connectivity index (χ2v) is 4.09. The summed E-state index contributed by atoms with van der Waals surface area (Å²) in [6.07, 6.45) is 4.11. The van der Waals surface area contributed by atoms with E-state index in [1.165, 1.54) is 6.42 Å². The van der Waals surface area contributed by atoms with Gasteiger partial charge in [-0.3, -0.25) is 0 Å². The van der Waals surface area contributed by atoms with E-state index in [0.29, 0.717) is 13.2 Å². The summed E-state index contributed by atoms with van der Waals surface area (Å²) in [5.74, 6) is 0. The van der Waals surface area contributed by atoms with Crippen molar-refractivity contribution in [3.05, 3.63) is 0 Å². The molecule has 0 aliphatic carbocycles. The highest BCUT2D eigenvalue weighted by atomic mass is 16.5. The van der Waals surface area contributed by atoms with E-state index in [4.69, 9.17) is 4.74 Å². The maximum absolute atomic E-state index is 11.2. The van der Waals surface area contributed by atoms with E-state index in [1.807, 2.05) is 6.92 Å². The Balaban J connectivity index is 3.36. The second kappa shape index (κ2) is 10.7. The van der Waals surface area contributed by atoms with Gasteiger partial charge in [-0.1, -0.05) is 26.7 Å². The van der Waals surface area contributed by atoms with Crippen molar-refractivity contribution in [1.29, 1.82) is 0 Å². The van der Waals surface area contributed by atoms with Gasteiger partial charge in [-0.15, -0.1) is 0 Å². The summed E-state index contributed by atoms with van der Waals surface area (Å²) < 4.78 is 5.07. The van der Waals surface area contributed by atoms with Crippen molar-refractivity contribution in [1.82, 2.24) is 10.6 Å². The molecular formula is C12H26N2O2. The molecule has 1 atom stereocenters. The molecule has 4 heteroatoms. The maximum atomic E-state index is 11.2. The standard InChI is InChI=1S/C12H26N2O2/c1-4-6-8-13-11(3)10-16-12(15)14-9-7-5-2/h11,13H,4-10H2,1-3H3,(H,14,15). The summed E-state index contributed by atoms with van der Waals surface area (Å²) in [7, 11) is 0. The number of nitrogens with one attached hydrogen (secondary N) is 2. The summed E-state index contributed by atoms with van der Waals surface area (Å²) >= 11 is 0. The van der Waals surface area contributed by atoms with Gasteiger partial charge in [0.2, 0.25) is 0 Å².